The predicted molar refractivity (Wildman–Crippen MR) is 147 cm³/mol. The molecule has 1 fully saturated rings. The van der Waals surface area contributed by atoms with Crippen LogP contribution in [0.4, 0.5) is 0 Å². The molecule has 3 heterocycles. The molecule has 3 aromatic rings. The Labute approximate surface area is 218 Å². The molecule has 1 N–H and O–H groups in total. The number of hydrogen-bond acceptors (Lipinski definition) is 5. The Kier molecular flexibility index (Phi) is 7.53. The summed E-state index contributed by atoms with van der Waals surface area (Å²) >= 11 is 0. The summed E-state index contributed by atoms with van der Waals surface area (Å²) in [5, 5.41) is 14.4. The standard InChI is InChI=1S/C29H39N7O/c1-4-7-11-25-19-35(26-21(5-2)12-13-22(26)6-3)28(37)36(25)20-29(14-16-30-17-15-29)24-10-8-9-23(18-24)27-31-33-34-32-27/h8-10,14,16-19,21-22,26H,4-7,11-13,15,20H2,1-3H3,(H,31,32,33,34). The van der Waals surface area contributed by atoms with E-state index in [2.05, 4.69) is 79.9 Å². The highest BCUT2D eigenvalue weighted by Gasteiger charge is 2.38. The first-order chi connectivity index (χ1) is 18.1. The van der Waals surface area contributed by atoms with Crippen LogP contribution in [0.2, 0.25) is 0 Å². The van der Waals surface area contributed by atoms with E-state index >= 15 is 0 Å². The first-order valence-electron chi connectivity index (χ1n) is 13.9. The lowest BCUT2D eigenvalue weighted by molar-refractivity contribution is 0.286. The van der Waals surface area contributed by atoms with Crippen molar-refractivity contribution in [2.45, 2.75) is 90.1 Å². The highest BCUT2D eigenvalue weighted by molar-refractivity contribution is 5.65. The van der Waals surface area contributed by atoms with Crippen LogP contribution in [-0.2, 0) is 18.4 Å². The lowest BCUT2D eigenvalue weighted by Crippen LogP contribution is -2.38. The molecule has 1 aromatic carbocycles. The van der Waals surface area contributed by atoms with Gasteiger partial charge in [0.15, 0.2) is 5.82 Å². The monoisotopic (exact) mass is 501 g/mol. The average Bonchev–Trinajstić information content (AvgIpc) is 3.68. The van der Waals surface area contributed by atoms with Crippen molar-refractivity contribution >= 4 is 6.21 Å². The van der Waals surface area contributed by atoms with Gasteiger partial charge in [0, 0.05) is 47.9 Å². The van der Waals surface area contributed by atoms with Gasteiger partial charge >= 0.3 is 5.69 Å². The van der Waals surface area contributed by atoms with Gasteiger partial charge in [-0.2, -0.15) is 0 Å². The van der Waals surface area contributed by atoms with E-state index in [1.54, 1.807) is 0 Å². The number of aliphatic imine (C=N–C) groups is 1. The predicted octanol–water partition coefficient (Wildman–Crippen LogP) is 5.49. The molecule has 3 atom stereocenters. The molecule has 196 valence electrons. The molecule has 37 heavy (non-hydrogen) atoms. The second-order valence-electron chi connectivity index (χ2n) is 10.7. The lowest BCUT2D eigenvalue weighted by atomic mass is 9.76. The van der Waals surface area contributed by atoms with Crippen molar-refractivity contribution < 1.29 is 0 Å². The number of aromatic nitrogens is 6. The maximum atomic E-state index is 14.2. The topological polar surface area (TPSA) is 93.7 Å². The van der Waals surface area contributed by atoms with E-state index in [0.29, 0.717) is 30.2 Å². The van der Waals surface area contributed by atoms with E-state index < -0.39 is 0 Å². The lowest BCUT2D eigenvalue weighted by Gasteiger charge is -2.32. The molecule has 2 aromatic heterocycles. The van der Waals surface area contributed by atoms with Crippen molar-refractivity contribution in [2.75, 3.05) is 0 Å². The van der Waals surface area contributed by atoms with E-state index in [1.165, 1.54) is 12.8 Å². The summed E-state index contributed by atoms with van der Waals surface area (Å²) < 4.78 is 4.19. The highest BCUT2D eigenvalue weighted by atomic mass is 16.1. The quantitative estimate of drug-likeness (QED) is 0.398. The Morgan fingerprint density at radius 3 is 2.59 bits per heavy atom. The molecule has 0 spiro atoms. The zero-order chi connectivity index (χ0) is 25.8. The van der Waals surface area contributed by atoms with Gasteiger partial charge in [0.1, 0.15) is 0 Å². The molecular formula is C29H39N7O. The number of rotatable bonds is 10. The molecule has 1 aliphatic carbocycles. The van der Waals surface area contributed by atoms with Crippen molar-refractivity contribution in [1.29, 1.82) is 0 Å². The van der Waals surface area contributed by atoms with Crippen molar-refractivity contribution in [1.82, 2.24) is 29.8 Å². The maximum absolute atomic E-state index is 14.2. The van der Waals surface area contributed by atoms with Crippen molar-refractivity contribution in [3.05, 3.63) is 64.5 Å². The SMILES string of the molecule is CCCCc1cn(C2C(CC)CCC2CC)c(=O)n1CC1(c2cccc(-c3nnn[nH]3)c2)C=CN=CC1. The molecule has 3 unspecified atom stereocenters. The second kappa shape index (κ2) is 11.0. The van der Waals surface area contributed by atoms with Gasteiger partial charge in [-0.15, -0.1) is 5.10 Å². The third-order valence-electron chi connectivity index (χ3n) is 8.65. The van der Waals surface area contributed by atoms with Gasteiger partial charge in [-0.3, -0.25) is 14.1 Å². The van der Waals surface area contributed by atoms with E-state index in [9.17, 15) is 4.79 Å². The van der Waals surface area contributed by atoms with Gasteiger partial charge in [-0.25, -0.2) is 9.89 Å². The van der Waals surface area contributed by atoms with Gasteiger partial charge < -0.3 is 0 Å². The van der Waals surface area contributed by atoms with Crippen LogP contribution in [0.3, 0.4) is 0 Å². The third-order valence-corrected chi connectivity index (χ3v) is 8.65. The summed E-state index contributed by atoms with van der Waals surface area (Å²) in [5.74, 6) is 1.77. The minimum Gasteiger partial charge on any atom is -0.295 e. The Hall–Kier alpha value is -3.29. The molecule has 1 saturated carbocycles. The minimum absolute atomic E-state index is 0.140. The van der Waals surface area contributed by atoms with E-state index in [1.807, 2.05) is 24.5 Å². The number of allylic oxidation sites excluding steroid dienone is 1. The van der Waals surface area contributed by atoms with Gasteiger partial charge in [0.25, 0.3) is 0 Å². The largest absolute Gasteiger partial charge is 0.328 e. The average molecular weight is 502 g/mol. The van der Waals surface area contributed by atoms with Crippen LogP contribution in [-0.4, -0.2) is 36.0 Å². The number of nitrogens with one attached hydrogen (secondary N) is 1. The Morgan fingerprint density at radius 1 is 1.14 bits per heavy atom. The van der Waals surface area contributed by atoms with E-state index in [-0.39, 0.29) is 11.1 Å². The van der Waals surface area contributed by atoms with Gasteiger partial charge in [-0.05, 0) is 66.0 Å². The van der Waals surface area contributed by atoms with Gasteiger partial charge in [0.05, 0.1) is 0 Å². The molecule has 0 saturated heterocycles. The van der Waals surface area contributed by atoms with Crippen LogP contribution < -0.4 is 5.69 Å². The fourth-order valence-corrected chi connectivity index (χ4v) is 6.48. The van der Waals surface area contributed by atoms with Crippen molar-refractivity contribution in [3.63, 3.8) is 0 Å². The van der Waals surface area contributed by atoms with E-state index in [4.69, 9.17) is 0 Å². The Morgan fingerprint density at radius 2 is 1.95 bits per heavy atom. The number of hydrogen-bond donors (Lipinski definition) is 1. The first-order valence-corrected chi connectivity index (χ1v) is 13.9. The second-order valence-corrected chi connectivity index (χ2v) is 10.7. The number of tetrazole rings is 1. The zero-order valence-electron chi connectivity index (χ0n) is 22.3. The molecule has 0 bridgehead atoms. The fourth-order valence-electron chi connectivity index (χ4n) is 6.48. The number of imidazole rings is 1. The zero-order valence-corrected chi connectivity index (χ0v) is 22.3. The fraction of sp³-hybridized carbons (Fsp3) is 0.552. The minimum atomic E-state index is -0.383. The van der Waals surface area contributed by atoms with Gasteiger partial charge in [-0.1, -0.05) is 64.3 Å². The number of nitrogens with zero attached hydrogens (tertiary/aromatic N) is 6. The Balaban J connectivity index is 1.58. The molecule has 5 rings (SSSR count). The van der Waals surface area contributed by atoms with Crippen LogP contribution in [0.15, 0.2) is 52.5 Å². The van der Waals surface area contributed by atoms with Crippen LogP contribution >= 0.6 is 0 Å². The summed E-state index contributed by atoms with van der Waals surface area (Å²) in [6.45, 7) is 7.34. The van der Waals surface area contributed by atoms with E-state index in [0.717, 1.165) is 55.3 Å². The third kappa shape index (κ3) is 4.86. The molecule has 0 radical (unpaired) electrons. The van der Waals surface area contributed by atoms with Crippen LogP contribution in [0, 0.1) is 11.8 Å². The van der Waals surface area contributed by atoms with Crippen molar-refractivity contribution in [2.24, 2.45) is 16.8 Å². The summed E-state index contributed by atoms with van der Waals surface area (Å²) in [5.41, 5.74) is 2.96. The number of unbranched alkanes of at least 4 members (excludes halogenated alkanes) is 1. The van der Waals surface area contributed by atoms with Gasteiger partial charge in [0.2, 0.25) is 0 Å². The molecule has 8 nitrogen and oxygen atoms in total. The Bertz CT molecular complexity index is 1290. The normalized spacial score (nSPS) is 25.2. The van der Waals surface area contributed by atoms with Crippen LogP contribution in [0.1, 0.15) is 83.0 Å². The number of aromatic amines is 1. The molecular weight excluding hydrogens is 462 g/mol. The van der Waals surface area contributed by atoms with Crippen LogP contribution in [0.25, 0.3) is 11.4 Å². The molecule has 2 aliphatic rings. The summed E-state index contributed by atoms with van der Waals surface area (Å²) in [6.07, 6.45) is 16.7. The number of H-pyrrole nitrogens is 1. The summed E-state index contributed by atoms with van der Waals surface area (Å²) in [6, 6.07) is 8.62. The molecule has 8 heteroatoms. The van der Waals surface area contributed by atoms with Crippen molar-refractivity contribution in [3.8, 4) is 11.4 Å². The maximum Gasteiger partial charge on any atom is 0.328 e. The molecule has 1 aliphatic heterocycles. The smallest absolute Gasteiger partial charge is 0.295 e. The highest BCUT2D eigenvalue weighted by Crippen LogP contribution is 2.44. The van der Waals surface area contributed by atoms with Crippen LogP contribution in [0.5, 0.6) is 0 Å². The number of aryl methyl sites for hydroxylation is 1. The number of benzene rings is 1. The summed E-state index contributed by atoms with van der Waals surface area (Å²) in [4.78, 5) is 18.6. The molecule has 0 amide bonds. The first kappa shape index (κ1) is 25.4. The summed E-state index contributed by atoms with van der Waals surface area (Å²) in [7, 11) is 0.